The molecule has 0 fully saturated rings. The zero-order chi connectivity index (χ0) is 16.2. The summed E-state index contributed by atoms with van der Waals surface area (Å²) in [5, 5.41) is 9.02. The predicted molar refractivity (Wildman–Crippen MR) is 72.2 cm³/mol. The van der Waals surface area contributed by atoms with E-state index in [1.54, 1.807) is 6.92 Å². The van der Waals surface area contributed by atoms with Gasteiger partial charge in [-0.3, -0.25) is 4.79 Å². The highest BCUT2D eigenvalue weighted by atomic mass is 32.2. The zero-order valence-electron chi connectivity index (χ0n) is 11.3. The van der Waals surface area contributed by atoms with Crippen molar-refractivity contribution in [2.24, 2.45) is 0 Å². The van der Waals surface area contributed by atoms with Crippen LogP contribution in [0.25, 0.3) is 0 Å². The molecule has 0 aromatic heterocycles. The van der Waals surface area contributed by atoms with Crippen LogP contribution in [0.3, 0.4) is 0 Å². The quantitative estimate of drug-likeness (QED) is 0.846. The van der Waals surface area contributed by atoms with Gasteiger partial charge in [0.15, 0.2) is 0 Å². The monoisotopic (exact) mass is 321 g/mol. The van der Waals surface area contributed by atoms with Gasteiger partial charge in [-0.05, 0) is 30.3 Å². The molecule has 0 spiro atoms. The maximum atomic E-state index is 12.5. The minimum atomic E-state index is -4.52. The summed E-state index contributed by atoms with van der Waals surface area (Å²) in [5.74, 6) is -1.95. The first-order valence-corrected chi connectivity index (χ1v) is 6.83. The Morgan fingerprint density at radius 2 is 1.90 bits per heavy atom. The number of carbonyl (C=O) groups excluding carboxylic acids is 1. The zero-order valence-corrected chi connectivity index (χ0v) is 12.2. The van der Waals surface area contributed by atoms with E-state index in [9.17, 15) is 22.8 Å². The van der Waals surface area contributed by atoms with Crippen LogP contribution in [0, 0.1) is 0 Å². The van der Waals surface area contributed by atoms with Crippen LogP contribution in [0.15, 0.2) is 29.2 Å². The summed E-state index contributed by atoms with van der Waals surface area (Å²) in [7, 11) is 1.26. The summed E-state index contributed by atoms with van der Waals surface area (Å²) in [6.45, 7) is 1.58. The molecule has 0 aliphatic heterocycles. The van der Waals surface area contributed by atoms with Crippen LogP contribution in [0.1, 0.15) is 23.7 Å². The van der Waals surface area contributed by atoms with Crippen molar-refractivity contribution in [1.29, 1.82) is 0 Å². The fourth-order valence-corrected chi connectivity index (χ4v) is 2.46. The Hall–Kier alpha value is -1.70. The van der Waals surface area contributed by atoms with Crippen molar-refractivity contribution in [2.75, 3.05) is 7.05 Å². The minimum absolute atomic E-state index is 0.159. The van der Waals surface area contributed by atoms with Gasteiger partial charge in [0.2, 0.25) is 0 Å². The van der Waals surface area contributed by atoms with Gasteiger partial charge < -0.3 is 10.0 Å². The summed E-state index contributed by atoms with van der Waals surface area (Å²) in [4.78, 5) is 24.0. The molecule has 4 nitrogen and oxygen atoms in total. The molecule has 1 atom stereocenters. The Balaban J connectivity index is 3.10. The van der Waals surface area contributed by atoms with Gasteiger partial charge in [0, 0.05) is 11.9 Å². The third-order valence-electron chi connectivity index (χ3n) is 2.80. The number of carbonyl (C=O) groups is 2. The van der Waals surface area contributed by atoms with Crippen molar-refractivity contribution in [1.82, 2.24) is 4.90 Å². The molecule has 21 heavy (non-hydrogen) atoms. The van der Waals surface area contributed by atoms with E-state index in [0.717, 1.165) is 4.90 Å². The first kappa shape index (κ1) is 17.4. The number of halogens is 3. The third kappa shape index (κ3) is 4.66. The summed E-state index contributed by atoms with van der Waals surface area (Å²) in [6.07, 6.45) is 0.159. The number of alkyl halides is 3. The standard InChI is InChI=1S/C13H14F3NO3S/c1-3-9(12(19)20)17(2)11(18)8-6-4-5-7-10(8)21-13(14,15)16/h4-7,9H,3H2,1-2H3,(H,19,20). The smallest absolute Gasteiger partial charge is 0.446 e. The molecule has 0 aliphatic rings. The fourth-order valence-electron chi connectivity index (χ4n) is 1.80. The molecule has 0 heterocycles. The second kappa shape index (κ2) is 6.84. The lowest BCUT2D eigenvalue weighted by Gasteiger charge is -2.24. The lowest BCUT2D eigenvalue weighted by atomic mass is 10.1. The molecule has 1 aromatic rings. The topological polar surface area (TPSA) is 57.6 Å². The number of aliphatic carboxylic acids is 1. The summed E-state index contributed by atoms with van der Waals surface area (Å²) < 4.78 is 37.4. The van der Waals surface area contributed by atoms with Gasteiger partial charge in [-0.25, -0.2) is 4.79 Å². The molecular formula is C13H14F3NO3S. The van der Waals surface area contributed by atoms with Gasteiger partial charge in [-0.2, -0.15) is 13.2 Å². The van der Waals surface area contributed by atoms with E-state index in [-0.39, 0.29) is 16.9 Å². The molecule has 1 rings (SSSR count). The van der Waals surface area contributed by atoms with E-state index in [1.165, 1.54) is 31.3 Å². The molecule has 0 radical (unpaired) electrons. The number of nitrogens with zero attached hydrogens (tertiary/aromatic N) is 1. The number of carboxylic acids is 1. The SMILES string of the molecule is CCC(C(=O)O)N(C)C(=O)c1ccccc1SC(F)(F)F. The van der Waals surface area contributed by atoms with Crippen LogP contribution >= 0.6 is 11.8 Å². The van der Waals surface area contributed by atoms with Crippen LogP contribution in [-0.2, 0) is 4.79 Å². The molecule has 8 heteroatoms. The molecule has 116 valence electrons. The van der Waals surface area contributed by atoms with E-state index < -0.39 is 35.2 Å². The number of likely N-dealkylation sites (N-methyl/N-ethyl adjacent to an activating group) is 1. The summed E-state index contributed by atoms with van der Waals surface area (Å²) in [6, 6.07) is 4.17. The molecule has 0 saturated heterocycles. The number of hydrogen-bond donors (Lipinski definition) is 1. The van der Waals surface area contributed by atoms with Crippen molar-refractivity contribution in [3.05, 3.63) is 29.8 Å². The number of thioether (sulfide) groups is 1. The molecule has 0 aliphatic carbocycles. The van der Waals surface area contributed by atoms with Crippen molar-refractivity contribution in [3.63, 3.8) is 0 Å². The first-order valence-electron chi connectivity index (χ1n) is 6.02. The lowest BCUT2D eigenvalue weighted by molar-refractivity contribution is -0.142. The third-order valence-corrected chi connectivity index (χ3v) is 3.61. The summed E-state index contributed by atoms with van der Waals surface area (Å²) in [5.41, 5.74) is -4.69. The molecule has 0 saturated carbocycles. The Morgan fingerprint density at radius 1 is 1.33 bits per heavy atom. The van der Waals surface area contributed by atoms with Gasteiger partial charge in [0.1, 0.15) is 6.04 Å². The highest BCUT2D eigenvalue weighted by molar-refractivity contribution is 8.00. The van der Waals surface area contributed by atoms with Crippen LogP contribution in [0.4, 0.5) is 13.2 Å². The normalized spacial score (nSPS) is 12.8. The number of hydrogen-bond acceptors (Lipinski definition) is 3. The van der Waals surface area contributed by atoms with E-state index in [4.69, 9.17) is 5.11 Å². The van der Waals surface area contributed by atoms with E-state index in [1.807, 2.05) is 0 Å². The largest absolute Gasteiger partial charge is 0.480 e. The number of carboxylic acid groups (broad SMARTS) is 1. The second-order valence-corrected chi connectivity index (χ2v) is 5.33. The van der Waals surface area contributed by atoms with Gasteiger partial charge >= 0.3 is 11.5 Å². The minimum Gasteiger partial charge on any atom is -0.480 e. The molecular weight excluding hydrogens is 307 g/mol. The van der Waals surface area contributed by atoms with Crippen LogP contribution < -0.4 is 0 Å². The Morgan fingerprint density at radius 3 is 2.38 bits per heavy atom. The van der Waals surface area contributed by atoms with Crippen LogP contribution in [0.5, 0.6) is 0 Å². The molecule has 1 aromatic carbocycles. The fraction of sp³-hybridized carbons (Fsp3) is 0.385. The highest BCUT2D eigenvalue weighted by Gasteiger charge is 2.33. The van der Waals surface area contributed by atoms with Crippen molar-refractivity contribution in [2.45, 2.75) is 29.8 Å². The average molecular weight is 321 g/mol. The van der Waals surface area contributed by atoms with Crippen molar-refractivity contribution in [3.8, 4) is 0 Å². The van der Waals surface area contributed by atoms with Crippen LogP contribution in [0.2, 0.25) is 0 Å². The van der Waals surface area contributed by atoms with Crippen LogP contribution in [-0.4, -0.2) is 40.5 Å². The van der Waals surface area contributed by atoms with Crippen molar-refractivity contribution >= 4 is 23.6 Å². The second-order valence-electron chi connectivity index (χ2n) is 4.22. The Bertz CT molecular complexity index is 534. The average Bonchev–Trinajstić information content (AvgIpc) is 2.37. The van der Waals surface area contributed by atoms with Gasteiger partial charge in [0.05, 0.1) is 5.56 Å². The molecule has 1 amide bonds. The molecule has 1 unspecified atom stereocenters. The van der Waals surface area contributed by atoms with Gasteiger partial charge in [-0.1, -0.05) is 19.1 Å². The summed E-state index contributed by atoms with van der Waals surface area (Å²) >= 11 is -0.394. The molecule has 1 N–H and O–H groups in total. The van der Waals surface area contributed by atoms with Gasteiger partial charge in [0.25, 0.3) is 5.91 Å². The lowest BCUT2D eigenvalue weighted by Crippen LogP contribution is -2.42. The Labute approximate surface area is 123 Å². The van der Waals surface area contributed by atoms with Gasteiger partial charge in [-0.15, -0.1) is 0 Å². The first-order chi connectivity index (χ1) is 9.67. The maximum absolute atomic E-state index is 12.5. The van der Waals surface area contributed by atoms with E-state index >= 15 is 0 Å². The van der Waals surface area contributed by atoms with E-state index in [0.29, 0.717) is 0 Å². The van der Waals surface area contributed by atoms with E-state index in [2.05, 4.69) is 0 Å². The Kier molecular flexibility index (Phi) is 5.65. The number of amides is 1. The number of benzene rings is 1. The highest BCUT2D eigenvalue weighted by Crippen LogP contribution is 2.38. The predicted octanol–water partition coefficient (Wildman–Crippen LogP) is 3.23. The maximum Gasteiger partial charge on any atom is 0.446 e. The number of rotatable bonds is 5. The molecule has 0 bridgehead atoms. The van der Waals surface area contributed by atoms with Crippen molar-refractivity contribution < 1.29 is 27.9 Å².